The van der Waals surface area contributed by atoms with Crippen LogP contribution in [0.5, 0.6) is 0 Å². The molecule has 9 heteroatoms. The van der Waals surface area contributed by atoms with Crippen LogP contribution in [-0.4, -0.2) is 44.4 Å². The summed E-state index contributed by atoms with van der Waals surface area (Å²) in [6.45, 7) is 2.26. The summed E-state index contributed by atoms with van der Waals surface area (Å²) < 4.78 is 16.0. The van der Waals surface area contributed by atoms with Gasteiger partial charge in [0.15, 0.2) is 11.0 Å². The number of halogens is 2. The highest BCUT2D eigenvalue weighted by molar-refractivity contribution is 6.33. The summed E-state index contributed by atoms with van der Waals surface area (Å²) in [6.07, 6.45) is 8.36. The number of carbonyl (C=O) groups is 1. The van der Waals surface area contributed by atoms with E-state index in [0.717, 1.165) is 12.8 Å². The van der Waals surface area contributed by atoms with Crippen LogP contribution in [-0.2, 0) is 0 Å². The summed E-state index contributed by atoms with van der Waals surface area (Å²) in [5.41, 5.74) is -0.546. The first-order chi connectivity index (χ1) is 12.4. The van der Waals surface area contributed by atoms with Crippen LogP contribution in [0.15, 0.2) is 18.7 Å². The molecule has 1 amide bonds. The lowest BCUT2D eigenvalue weighted by molar-refractivity contribution is 0.102. The molecule has 2 aliphatic rings. The van der Waals surface area contributed by atoms with Crippen LogP contribution in [0.3, 0.4) is 0 Å². The molecule has 0 aromatic carbocycles. The fourth-order valence-electron chi connectivity index (χ4n) is 3.30. The normalized spacial score (nSPS) is 23.1. The quantitative estimate of drug-likeness (QED) is 0.826. The molecular formula is C17H20ClFN6O. The fourth-order valence-corrected chi connectivity index (χ4v) is 3.48. The van der Waals surface area contributed by atoms with Crippen molar-refractivity contribution >= 4 is 29.0 Å². The fraction of sp³-hybridized carbons (Fsp3) is 0.529. The van der Waals surface area contributed by atoms with E-state index < -0.39 is 5.67 Å². The van der Waals surface area contributed by atoms with Crippen molar-refractivity contribution in [2.24, 2.45) is 0 Å². The van der Waals surface area contributed by atoms with Gasteiger partial charge in [0.2, 0.25) is 0 Å². The number of nitrogens with zero attached hydrogens (tertiary/aromatic N) is 5. The zero-order valence-corrected chi connectivity index (χ0v) is 15.2. The monoisotopic (exact) mass is 378 g/mol. The first-order valence-corrected chi connectivity index (χ1v) is 9.11. The van der Waals surface area contributed by atoms with Gasteiger partial charge >= 0.3 is 0 Å². The van der Waals surface area contributed by atoms with E-state index in [0.29, 0.717) is 36.1 Å². The molecule has 0 spiro atoms. The smallest absolute Gasteiger partial charge is 0.259 e. The molecule has 138 valence electrons. The molecular weight excluding hydrogens is 359 g/mol. The molecule has 2 fully saturated rings. The Kier molecular flexibility index (Phi) is 4.30. The maximum atomic E-state index is 14.2. The zero-order chi connectivity index (χ0) is 18.3. The van der Waals surface area contributed by atoms with Gasteiger partial charge in [-0.25, -0.2) is 14.4 Å². The van der Waals surface area contributed by atoms with Crippen LogP contribution < -0.4 is 10.2 Å². The van der Waals surface area contributed by atoms with Gasteiger partial charge in [0.1, 0.15) is 17.7 Å². The predicted molar refractivity (Wildman–Crippen MR) is 96.5 cm³/mol. The van der Waals surface area contributed by atoms with Crippen molar-refractivity contribution < 1.29 is 9.18 Å². The Morgan fingerprint density at radius 1 is 1.42 bits per heavy atom. The summed E-state index contributed by atoms with van der Waals surface area (Å²) in [5.74, 6) is 0.0989. The van der Waals surface area contributed by atoms with E-state index >= 15 is 0 Å². The average Bonchev–Trinajstić information content (AvgIpc) is 3.14. The van der Waals surface area contributed by atoms with Gasteiger partial charge in [-0.2, -0.15) is 5.10 Å². The SMILES string of the molecule is CC1(F)CCN(c2ncnc(Cl)c2NC(=O)c2cnn(C3CCC3)c2)C1. The lowest BCUT2D eigenvalue weighted by Crippen LogP contribution is -2.28. The first kappa shape index (κ1) is 17.2. The van der Waals surface area contributed by atoms with Gasteiger partial charge in [-0.3, -0.25) is 9.48 Å². The van der Waals surface area contributed by atoms with Gasteiger partial charge < -0.3 is 10.2 Å². The number of amides is 1. The van der Waals surface area contributed by atoms with Gasteiger partial charge in [0.05, 0.1) is 24.3 Å². The minimum Gasteiger partial charge on any atom is -0.351 e. The Bertz CT molecular complexity index is 834. The molecule has 1 aliphatic carbocycles. The van der Waals surface area contributed by atoms with Crippen LogP contribution in [0.1, 0.15) is 49.0 Å². The molecule has 1 aliphatic heterocycles. The molecule has 1 N–H and O–H groups in total. The number of hydrogen-bond donors (Lipinski definition) is 1. The maximum absolute atomic E-state index is 14.2. The standard InChI is InChI=1S/C17H20ClFN6O/c1-17(19)5-6-24(9-17)15-13(14(18)20-10-21-15)23-16(26)11-7-22-25(8-11)12-3-2-4-12/h7-8,10,12H,2-6,9H2,1H3,(H,23,26). The third-order valence-corrected chi connectivity index (χ3v) is 5.34. The van der Waals surface area contributed by atoms with Crippen molar-refractivity contribution in [3.05, 3.63) is 29.4 Å². The van der Waals surface area contributed by atoms with Gasteiger partial charge in [0.25, 0.3) is 5.91 Å². The molecule has 7 nitrogen and oxygen atoms in total. The van der Waals surface area contributed by atoms with Crippen LogP contribution in [0.2, 0.25) is 5.15 Å². The summed E-state index contributed by atoms with van der Waals surface area (Å²) in [7, 11) is 0. The van der Waals surface area contributed by atoms with E-state index in [1.807, 2.05) is 4.68 Å². The van der Waals surface area contributed by atoms with Crippen LogP contribution >= 0.6 is 11.6 Å². The van der Waals surface area contributed by atoms with Crippen molar-refractivity contribution in [3.8, 4) is 0 Å². The number of alkyl halides is 1. The number of hydrogen-bond acceptors (Lipinski definition) is 5. The Morgan fingerprint density at radius 2 is 2.23 bits per heavy atom. The second-order valence-corrected chi connectivity index (χ2v) is 7.55. The van der Waals surface area contributed by atoms with Crippen LogP contribution in [0.25, 0.3) is 0 Å². The zero-order valence-electron chi connectivity index (χ0n) is 14.5. The largest absolute Gasteiger partial charge is 0.351 e. The molecule has 26 heavy (non-hydrogen) atoms. The summed E-state index contributed by atoms with van der Waals surface area (Å²) in [5, 5.41) is 7.18. The van der Waals surface area contributed by atoms with E-state index in [2.05, 4.69) is 20.4 Å². The third kappa shape index (κ3) is 3.25. The van der Waals surface area contributed by atoms with Crippen molar-refractivity contribution in [1.82, 2.24) is 19.7 Å². The number of carbonyl (C=O) groups excluding carboxylic acids is 1. The second kappa shape index (κ2) is 6.50. The van der Waals surface area contributed by atoms with Crippen molar-refractivity contribution in [2.75, 3.05) is 23.3 Å². The highest BCUT2D eigenvalue weighted by atomic mass is 35.5. The molecule has 2 aromatic heterocycles. The van der Waals surface area contributed by atoms with Crippen LogP contribution in [0, 0.1) is 0 Å². The molecule has 1 saturated heterocycles. The van der Waals surface area contributed by atoms with Crippen LogP contribution in [0.4, 0.5) is 15.9 Å². The highest BCUT2D eigenvalue weighted by Gasteiger charge is 2.35. The average molecular weight is 379 g/mol. The lowest BCUT2D eigenvalue weighted by Gasteiger charge is -2.25. The molecule has 4 rings (SSSR count). The molecule has 1 saturated carbocycles. The maximum Gasteiger partial charge on any atom is 0.259 e. The first-order valence-electron chi connectivity index (χ1n) is 8.73. The predicted octanol–water partition coefficient (Wildman–Crippen LogP) is 3.24. The topological polar surface area (TPSA) is 75.9 Å². The lowest BCUT2D eigenvalue weighted by atomic mass is 9.93. The van der Waals surface area contributed by atoms with Gasteiger partial charge in [-0.1, -0.05) is 11.6 Å². The Morgan fingerprint density at radius 3 is 2.88 bits per heavy atom. The van der Waals surface area contributed by atoms with E-state index in [4.69, 9.17) is 11.6 Å². The Labute approximate surface area is 155 Å². The van der Waals surface area contributed by atoms with Gasteiger partial charge in [0, 0.05) is 19.2 Å². The van der Waals surface area contributed by atoms with E-state index in [1.165, 1.54) is 12.7 Å². The van der Waals surface area contributed by atoms with Crippen molar-refractivity contribution in [1.29, 1.82) is 0 Å². The Hall–Kier alpha value is -2.22. The number of aromatic nitrogens is 4. The number of rotatable bonds is 4. The summed E-state index contributed by atoms with van der Waals surface area (Å²) in [6, 6.07) is 0.377. The second-order valence-electron chi connectivity index (χ2n) is 7.20. The minimum atomic E-state index is -1.29. The van der Waals surface area contributed by atoms with Crippen molar-refractivity contribution in [2.45, 2.75) is 44.3 Å². The molecule has 1 unspecified atom stereocenters. The number of anilines is 2. The third-order valence-electron chi connectivity index (χ3n) is 5.06. The Balaban J connectivity index is 1.55. The van der Waals surface area contributed by atoms with E-state index in [-0.39, 0.29) is 17.6 Å². The van der Waals surface area contributed by atoms with Gasteiger partial charge in [-0.05, 0) is 26.2 Å². The van der Waals surface area contributed by atoms with E-state index in [9.17, 15) is 9.18 Å². The van der Waals surface area contributed by atoms with Gasteiger partial charge in [-0.15, -0.1) is 0 Å². The molecule has 0 radical (unpaired) electrons. The highest BCUT2D eigenvalue weighted by Crippen LogP contribution is 2.35. The molecule has 3 heterocycles. The molecule has 1 atom stereocenters. The minimum absolute atomic E-state index is 0.127. The van der Waals surface area contributed by atoms with Crippen molar-refractivity contribution in [3.63, 3.8) is 0 Å². The summed E-state index contributed by atoms with van der Waals surface area (Å²) >= 11 is 6.19. The molecule has 0 bridgehead atoms. The number of nitrogens with one attached hydrogen (secondary N) is 1. The van der Waals surface area contributed by atoms with E-state index in [1.54, 1.807) is 24.2 Å². The summed E-state index contributed by atoms with van der Waals surface area (Å²) in [4.78, 5) is 22.6. The molecule has 2 aromatic rings.